The van der Waals surface area contributed by atoms with E-state index in [0.717, 1.165) is 0 Å². The first kappa shape index (κ1) is 14.2. The monoisotopic (exact) mass is 248 g/mol. The maximum atomic E-state index is 11.5. The number of nitrogens with one attached hydrogen (secondary N) is 1. The van der Waals surface area contributed by atoms with Crippen LogP contribution in [0.5, 0.6) is 0 Å². The molecule has 0 atom stereocenters. The maximum absolute atomic E-state index is 11.5. The number of hydrogen-bond donors (Lipinski definition) is 1. The van der Waals surface area contributed by atoms with Gasteiger partial charge in [0.15, 0.2) is 0 Å². The summed E-state index contributed by atoms with van der Waals surface area (Å²) in [6.07, 6.45) is 0. The quantitative estimate of drug-likeness (QED) is 0.653. The van der Waals surface area contributed by atoms with Crippen LogP contribution < -0.4 is 5.43 Å². The topological polar surface area (TPSA) is 32.3 Å². The van der Waals surface area contributed by atoms with Gasteiger partial charge >= 0.3 is 0 Å². The predicted octanol–water partition coefficient (Wildman–Crippen LogP) is 1.92. The molecule has 1 N–H and O–H groups in total. The number of rotatable bonds is 4. The van der Waals surface area contributed by atoms with Crippen LogP contribution in [-0.4, -0.2) is 30.4 Å². The lowest BCUT2D eigenvalue weighted by Crippen LogP contribution is -2.40. The zero-order valence-electron chi connectivity index (χ0n) is 8.44. The fourth-order valence-electron chi connectivity index (χ4n) is 1.01. The van der Waals surface area contributed by atoms with Crippen molar-refractivity contribution < 1.29 is 4.79 Å². The molecule has 0 saturated carbocycles. The van der Waals surface area contributed by atoms with Gasteiger partial charge in [-0.05, 0) is 12.1 Å². The van der Waals surface area contributed by atoms with Crippen molar-refractivity contribution in [2.45, 2.75) is 0 Å². The van der Waals surface area contributed by atoms with Gasteiger partial charge in [-0.25, -0.2) is 5.01 Å². The average molecular weight is 249 g/mol. The third-order valence-corrected chi connectivity index (χ3v) is 1.92. The molecule has 0 aliphatic rings. The molecule has 0 spiro atoms. The molecule has 0 fully saturated rings. The van der Waals surface area contributed by atoms with E-state index < -0.39 is 0 Å². The molecular formula is C10H14Cl2N2O. The van der Waals surface area contributed by atoms with Crippen molar-refractivity contribution in [3.63, 3.8) is 0 Å². The Hall–Kier alpha value is -0.770. The highest BCUT2D eigenvalue weighted by molar-refractivity contribution is 6.18. The Morgan fingerprint density at radius 2 is 2.00 bits per heavy atom. The van der Waals surface area contributed by atoms with Gasteiger partial charge in [-0.3, -0.25) is 10.2 Å². The molecule has 0 aromatic heterocycles. The summed E-state index contributed by atoms with van der Waals surface area (Å²) in [7, 11) is 1.78. The van der Waals surface area contributed by atoms with E-state index in [1.165, 1.54) is 0 Å². The number of carbonyl (C=O) groups is 1. The number of hydrogen-bond acceptors (Lipinski definition) is 2. The Kier molecular flexibility index (Phi) is 7.13. The summed E-state index contributed by atoms with van der Waals surface area (Å²) < 4.78 is 0. The van der Waals surface area contributed by atoms with Gasteiger partial charge in [0.2, 0.25) is 0 Å². The minimum atomic E-state index is -0.113. The lowest BCUT2D eigenvalue weighted by atomic mass is 10.2. The van der Waals surface area contributed by atoms with Gasteiger partial charge in [-0.1, -0.05) is 18.2 Å². The molecule has 0 aliphatic carbocycles. The Balaban J connectivity index is 0.00000196. The van der Waals surface area contributed by atoms with Crippen LogP contribution in [-0.2, 0) is 0 Å². The summed E-state index contributed by atoms with van der Waals surface area (Å²) in [5, 5.41) is 1.67. The van der Waals surface area contributed by atoms with E-state index in [-0.39, 0.29) is 18.3 Å². The van der Waals surface area contributed by atoms with Crippen molar-refractivity contribution in [2.24, 2.45) is 0 Å². The van der Waals surface area contributed by atoms with Gasteiger partial charge in [0.25, 0.3) is 5.91 Å². The number of halogens is 2. The smallest absolute Gasteiger partial charge is 0.265 e. The molecule has 3 nitrogen and oxygen atoms in total. The molecule has 0 aliphatic heterocycles. The summed E-state index contributed by atoms with van der Waals surface area (Å²) in [4.78, 5) is 11.5. The highest BCUT2D eigenvalue weighted by Crippen LogP contribution is 1.97. The van der Waals surface area contributed by atoms with E-state index in [0.29, 0.717) is 18.0 Å². The number of benzene rings is 1. The SMILES string of the molecule is CN(CCCl)NC(=O)c1ccccc1.Cl. The Bertz CT molecular complexity index is 293. The lowest BCUT2D eigenvalue weighted by molar-refractivity contribution is 0.0836. The van der Waals surface area contributed by atoms with Crippen LogP contribution in [0.15, 0.2) is 30.3 Å². The summed E-state index contributed by atoms with van der Waals surface area (Å²) in [5.74, 6) is 0.379. The van der Waals surface area contributed by atoms with E-state index in [2.05, 4.69) is 5.43 Å². The Morgan fingerprint density at radius 1 is 1.40 bits per heavy atom. The Labute approximate surface area is 101 Å². The molecule has 1 amide bonds. The second kappa shape index (κ2) is 7.51. The van der Waals surface area contributed by atoms with Crippen LogP contribution in [0.4, 0.5) is 0 Å². The van der Waals surface area contributed by atoms with Gasteiger partial charge < -0.3 is 0 Å². The molecule has 1 rings (SSSR count). The van der Waals surface area contributed by atoms with Gasteiger partial charge in [0.1, 0.15) is 0 Å². The number of nitrogens with zero attached hydrogens (tertiary/aromatic N) is 1. The van der Waals surface area contributed by atoms with Crippen LogP contribution in [0.25, 0.3) is 0 Å². The van der Waals surface area contributed by atoms with Gasteiger partial charge in [0, 0.05) is 25.0 Å². The molecule has 0 bridgehead atoms. The average Bonchev–Trinajstić information content (AvgIpc) is 2.19. The Morgan fingerprint density at radius 3 is 2.53 bits per heavy atom. The molecule has 84 valence electrons. The zero-order valence-corrected chi connectivity index (χ0v) is 10.0. The van der Waals surface area contributed by atoms with E-state index in [4.69, 9.17) is 11.6 Å². The third kappa shape index (κ3) is 5.02. The second-order valence-electron chi connectivity index (χ2n) is 2.92. The summed E-state index contributed by atoms with van der Waals surface area (Å²) >= 11 is 5.53. The molecule has 5 heteroatoms. The van der Waals surface area contributed by atoms with Gasteiger partial charge in [-0.2, -0.15) is 0 Å². The van der Waals surface area contributed by atoms with Gasteiger partial charge in [-0.15, -0.1) is 24.0 Å². The summed E-state index contributed by atoms with van der Waals surface area (Å²) in [6.45, 7) is 0.625. The first-order chi connectivity index (χ1) is 6.74. The maximum Gasteiger partial charge on any atom is 0.265 e. The zero-order chi connectivity index (χ0) is 10.4. The van der Waals surface area contributed by atoms with Crippen molar-refractivity contribution in [2.75, 3.05) is 19.5 Å². The summed E-state index contributed by atoms with van der Waals surface area (Å²) in [5.41, 5.74) is 3.35. The van der Waals surface area contributed by atoms with Crippen LogP contribution in [0.1, 0.15) is 10.4 Å². The highest BCUT2D eigenvalue weighted by Gasteiger charge is 2.05. The molecule has 1 aromatic rings. The fraction of sp³-hybridized carbons (Fsp3) is 0.300. The van der Waals surface area contributed by atoms with Crippen LogP contribution >= 0.6 is 24.0 Å². The third-order valence-electron chi connectivity index (χ3n) is 1.75. The summed E-state index contributed by atoms with van der Waals surface area (Å²) in [6, 6.07) is 9.07. The largest absolute Gasteiger partial charge is 0.285 e. The lowest BCUT2D eigenvalue weighted by Gasteiger charge is -2.16. The normalized spacial score (nSPS) is 9.53. The predicted molar refractivity (Wildman–Crippen MR) is 64.5 cm³/mol. The minimum absolute atomic E-state index is 0. The molecule has 0 unspecified atom stereocenters. The standard InChI is InChI=1S/C10H13ClN2O.ClH/c1-13(8-7-11)12-10(14)9-5-3-2-4-6-9;/h2-6H,7-8H2,1H3,(H,12,14);1H. The van der Waals surface area contributed by atoms with Crippen molar-refractivity contribution in [1.29, 1.82) is 0 Å². The highest BCUT2D eigenvalue weighted by atomic mass is 35.5. The molecule has 0 saturated heterocycles. The van der Waals surface area contributed by atoms with Crippen LogP contribution in [0.3, 0.4) is 0 Å². The van der Waals surface area contributed by atoms with E-state index >= 15 is 0 Å². The van der Waals surface area contributed by atoms with Crippen LogP contribution in [0.2, 0.25) is 0 Å². The molecule has 1 aromatic carbocycles. The number of hydrazine groups is 1. The van der Waals surface area contributed by atoms with Gasteiger partial charge in [0.05, 0.1) is 0 Å². The molecule has 15 heavy (non-hydrogen) atoms. The first-order valence-corrected chi connectivity index (χ1v) is 4.90. The number of amides is 1. The van der Waals surface area contributed by atoms with Crippen molar-refractivity contribution in [1.82, 2.24) is 10.4 Å². The number of carbonyl (C=O) groups excluding carboxylic acids is 1. The first-order valence-electron chi connectivity index (χ1n) is 4.37. The molecule has 0 radical (unpaired) electrons. The minimum Gasteiger partial charge on any atom is -0.285 e. The number of alkyl halides is 1. The van der Waals surface area contributed by atoms with E-state index in [1.54, 1.807) is 24.2 Å². The van der Waals surface area contributed by atoms with E-state index in [1.807, 2.05) is 18.2 Å². The fourth-order valence-corrected chi connectivity index (χ4v) is 1.26. The van der Waals surface area contributed by atoms with Crippen molar-refractivity contribution in [3.05, 3.63) is 35.9 Å². The van der Waals surface area contributed by atoms with E-state index in [9.17, 15) is 4.79 Å². The van der Waals surface area contributed by atoms with Crippen molar-refractivity contribution in [3.8, 4) is 0 Å². The second-order valence-corrected chi connectivity index (χ2v) is 3.30. The van der Waals surface area contributed by atoms with Crippen LogP contribution in [0, 0.1) is 0 Å². The molecular weight excluding hydrogens is 235 g/mol. The molecule has 0 heterocycles. The van der Waals surface area contributed by atoms with Crippen molar-refractivity contribution >= 4 is 29.9 Å².